The third kappa shape index (κ3) is 3.07. The van der Waals surface area contributed by atoms with Crippen molar-refractivity contribution in [3.8, 4) is 22.3 Å². The summed E-state index contributed by atoms with van der Waals surface area (Å²) < 4.78 is 2.70. The third-order valence-corrected chi connectivity index (χ3v) is 8.71. The zero-order valence-electron chi connectivity index (χ0n) is 19.8. The van der Waals surface area contributed by atoms with Crippen molar-refractivity contribution in [1.82, 2.24) is 0 Å². The average molecular weight is 468 g/mol. The number of hydrogen-bond donors (Lipinski definition) is 1. The van der Waals surface area contributed by atoms with Crippen molar-refractivity contribution >= 4 is 42.9 Å². The maximum absolute atomic E-state index is 3.72. The SMILES string of the molecule is CC1(C)c2ccccc2-c2c(Nc3ccc(-c4cccc5c4sc4ccccc45)cc3)cccc21. The summed E-state index contributed by atoms with van der Waals surface area (Å²) in [5.74, 6) is 0. The molecule has 7 rings (SSSR count). The molecule has 1 N–H and O–H groups in total. The highest BCUT2D eigenvalue weighted by Crippen LogP contribution is 2.51. The smallest absolute Gasteiger partial charge is 0.0467 e. The average Bonchev–Trinajstić information content (AvgIpc) is 3.38. The molecule has 35 heavy (non-hydrogen) atoms. The molecular formula is C33H25NS. The van der Waals surface area contributed by atoms with E-state index in [2.05, 4.69) is 128 Å². The molecule has 0 spiro atoms. The van der Waals surface area contributed by atoms with Gasteiger partial charge < -0.3 is 5.32 Å². The molecule has 1 aliphatic carbocycles. The van der Waals surface area contributed by atoms with Gasteiger partial charge in [-0.2, -0.15) is 0 Å². The number of nitrogens with one attached hydrogen (secondary N) is 1. The predicted molar refractivity (Wildman–Crippen MR) is 152 cm³/mol. The highest BCUT2D eigenvalue weighted by molar-refractivity contribution is 7.26. The highest BCUT2D eigenvalue weighted by Gasteiger charge is 2.36. The zero-order valence-corrected chi connectivity index (χ0v) is 20.6. The Labute approximate surface area is 209 Å². The minimum Gasteiger partial charge on any atom is -0.355 e. The van der Waals surface area contributed by atoms with Gasteiger partial charge in [0.05, 0.1) is 0 Å². The first kappa shape index (κ1) is 20.5. The maximum atomic E-state index is 3.72. The Bertz CT molecular complexity index is 1740. The van der Waals surface area contributed by atoms with Crippen LogP contribution < -0.4 is 5.32 Å². The molecule has 2 heteroatoms. The van der Waals surface area contributed by atoms with Crippen molar-refractivity contribution in [2.75, 3.05) is 5.32 Å². The van der Waals surface area contributed by atoms with Crippen LogP contribution in [-0.4, -0.2) is 0 Å². The van der Waals surface area contributed by atoms with E-state index in [-0.39, 0.29) is 5.41 Å². The van der Waals surface area contributed by atoms with Gasteiger partial charge in [0, 0.05) is 42.5 Å². The van der Waals surface area contributed by atoms with E-state index in [1.165, 1.54) is 59.2 Å². The zero-order chi connectivity index (χ0) is 23.6. The molecule has 0 fully saturated rings. The first-order valence-electron chi connectivity index (χ1n) is 12.1. The molecule has 1 aliphatic rings. The largest absolute Gasteiger partial charge is 0.355 e. The Morgan fingerprint density at radius 3 is 2.17 bits per heavy atom. The fourth-order valence-electron chi connectivity index (χ4n) is 5.72. The van der Waals surface area contributed by atoms with Crippen molar-refractivity contribution in [1.29, 1.82) is 0 Å². The molecule has 1 aromatic heterocycles. The summed E-state index contributed by atoms with van der Waals surface area (Å²) >= 11 is 1.88. The number of anilines is 2. The van der Waals surface area contributed by atoms with E-state index in [4.69, 9.17) is 0 Å². The molecule has 0 atom stereocenters. The minimum atomic E-state index is 0.0103. The Morgan fingerprint density at radius 2 is 1.29 bits per heavy atom. The second-order valence-corrected chi connectivity index (χ2v) is 10.9. The van der Waals surface area contributed by atoms with Crippen LogP contribution in [0.15, 0.2) is 109 Å². The van der Waals surface area contributed by atoms with Crippen LogP contribution >= 0.6 is 11.3 Å². The Hall–Kier alpha value is -3.88. The van der Waals surface area contributed by atoms with Gasteiger partial charge in [0.2, 0.25) is 0 Å². The number of thiophene rings is 1. The van der Waals surface area contributed by atoms with Crippen LogP contribution in [0.5, 0.6) is 0 Å². The van der Waals surface area contributed by atoms with Crippen LogP contribution in [-0.2, 0) is 5.41 Å². The molecule has 0 unspecified atom stereocenters. The second kappa shape index (κ2) is 7.56. The van der Waals surface area contributed by atoms with Gasteiger partial charge in [-0.3, -0.25) is 0 Å². The van der Waals surface area contributed by atoms with E-state index in [1.807, 2.05) is 11.3 Å². The molecule has 168 valence electrons. The fraction of sp³-hybridized carbons (Fsp3) is 0.0909. The van der Waals surface area contributed by atoms with Crippen molar-refractivity contribution < 1.29 is 0 Å². The molecular weight excluding hydrogens is 442 g/mol. The second-order valence-electron chi connectivity index (χ2n) is 9.88. The fourth-order valence-corrected chi connectivity index (χ4v) is 6.96. The summed E-state index contributed by atoms with van der Waals surface area (Å²) in [6.45, 7) is 4.65. The maximum Gasteiger partial charge on any atom is 0.0467 e. The summed E-state index contributed by atoms with van der Waals surface area (Å²) in [5.41, 5.74) is 10.3. The molecule has 1 nitrogen and oxygen atoms in total. The van der Waals surface area contributed by atoms with E-state index < -0.39 is 0 Å². The lowest BCUT2D eigenvalue weighted by Crippen LogP contribution is -2.14. The molecule has 0 saturated carbocycles. The van der Waals surface area contributed by atoms with Gasteiger partial charge in [0.1, 0.15) is 0 Å². The molecule has 0 aliphatic heterocycles. The van der Waals surface area contributed by atoms with Crippen molar-refractivity contribution in [3.63, 3.8) is 0 Å². The highest BCUT2D eigenvalue weighted by atomic mass is 32.1. The van der Waals surface area contributed by atoms with Crippen LogP contribution in [0.25, 0.3) is 42.4 Å². The van der Waals surface area contributed by atoms with Gasteiger partial charge in [-0.05, 0) is 52.1 Å². The van der Waals surface area contributed by atoms with Crippen molar-refractivity contribution in [2.45, 2.75) is 19.3 Å². The number of fused-ring (bicyclic) bond motifs is 6. The van der Waals surface area contributed by atoms with Crippen LogP contribution in [0.1, 0.15) is 25.0 Å². The lowest BCUT2D eigenvalue weighted by molar-refractivity contribution is 0.660. The van der Waals surface area contributed by atoms with Crippen LogP contribution in [0.4, 0.5) is 11.4 Å². The van der Waals surface area contributed by atoms with E-state index in [0.29, 0.717) is 0 Å². The summed E-state index contributed by atoms with van der Waals surface area (Å²) in [6, 6.07) is 39.7. The number of rotatable bonds is 3. The van der Waals surface area contributed by atoms with E-state index in [0.717, 1.165) is 5.69 Å². The first-order chi connectivity index (χ1) is 17.1. The van der Waals surface area contributed by atoms with Crippen molar-refractivity contribution in [2.24, 2.45) is 0 Å². The molecule has 0 amide bonds. The van der Waals surface area contributed by atoms with Gasteiger partial charge in [-0.25, -0.2) is 0 Å². The Kier molecular flexibility index (Phi) is 4.43. The third-order valence-electron chi connectivity index (χ3n) is 7.49. The molecule has 0 radical (unpaired) electrons. The van der Waals surface area contributed by atoms with Crippen LogP contribution in [0, 0.1) is 0 Å². The number of hydrogen-bond acceptors (Lipinski definition) is 2. The monoisotopic (exact) mass is 467 g/mol. The Balaban J connectivity index is 1.27. The molecule has 1 heterocycles. The summed E-state index contributed by atoms with van der Waals surface area (Å²) in [5, 5.41) is 6.40. The standard InChI is InChI=1S/C33H25NS/c1-33(2)27-13-5-3-10-26(27)31-28(33)14-8-15-29(31)34-22-19-17-21(18-20-22)23-11-7-12-25-24-9-4-6-16-30(24)35-32(23)25/h3-20,34H,1-2H3. The van der Waals surface area contributed by atoms with E-state index in [1.54, 1.807) is 0 Å². The van der Waals surface area contributed by atoms with Gasteiger partial charge in [0.25, 0.3) is 0 Å². The topological polar surface area (TPSA) is 12.0 Å². The van der Waals surface area contributed by atoms with Gasteiger partial charge in [-0.1, -0.05) is 98.8 Å². The summed E-state index contributed by atoms with van der Waals surface area (Å²) in [6.07, 6.45) is 0. The minimum absolute atomic E-state index is 0.0103. The predicted octanol–water partition coefficient (Wildman–Crippen LogP) is 9.77. The van der Waals surface area contributed by atoms with E-state index in [9.17, 15) is 0 Å². The lowest BCUT2D eigenvalue weighted by atomic mass is 9.82. The number of benzene rings is 5. The molecule has 0 saturated heterocycles. The normalized spacial score (nSPS) is 13.7. The van der Waals surface area contributed by atoms with Gasteiger partial charge in [-0.15, -0.1) is 11.3 Å². The van der Waals surface area contributed by atoms with Crippen LogP contribution in [0.3, 0.4) is 0 Å². The summed E-state index contributed by atoms with van der Waals surface area (Å²) in [4.78, 5) is 0. The molecule has 6 aromatic rings. The summed E-state index contributed by atoms with van der Waals surface area (Å²) in [7, 11) is 0. The van der Waals surface area contributed by atoms with Crippen LogP contribution in [0.2, 0.25) is 0 Å². The van der Waals surface area contributed by atoms with Gasteiger partial charge >= 0.3 is 0 Å². The molecule has 0 bridgehead atoms. The van der Waals surface area contributed by atoms with E-state index >= 15 is 0 Å². The van der Waals surface area contributed by atoms with Crippen molar-refractivity contribution in [3.05, 3.63) is 120 Å². The first-order valence-corrected chi connectivity index (χ1v) is 12.9. The van der Waals surface area contributed by atoms with Gasteiger partial charge in [0.15, 0.2) is 0 Å². The molecule has 5 aromatic carbocycles. The Morgan fingerprint density at radius 1 is 0.600 bits per heavy atom. The lowest BCUT2D eigenvalue weighted by Gasteiger charge is -2.21. The quantitative estimate of drug-likeness (QED) is 0.273.